The molecule has 232 valence electrons. The third-order valence-electron chi connectivity index (χ3n) is 7.57. The molecule has 0 aliphatic carbocycles. The Labute approximate surface area is 260 Å². The van der Waals surface area contributed by atoms with Crippen molar-refractivity contribution in [3.8, 4) is 34.1 Å². The van der Waals surface area contributed by atoms with Crippen molar-refractivity contribution in [2.24, 2.45) is 11.7 Å². The van der Waals surface area contributed by atoms with E-state index < -0.39 is 11.9 Å². The van der Waals surface area contributed by atoms with Gasteiger partial charge in [-0.05, 0) is 67.3 Å². The number of hydrogen-bond acceptors (Lipinski definition) is 6. The molecular formula is C36H44N4O4. The molecule has 0 saturated heterocycles. The summed E-state index contributed by atoms with van der Waals surface area (Å²) in [6.07, 6.45) is 3.09. The normalized spacial score (nSPS) is 11.2. The van der Waals surface area contributed by atoms with E-state index in [1.165, 1.54) is 6.92 Å². The van der Waals surface area contributed by atoms with Crippen LogP contribution in [0.1, 0.15) is 68.6 Å². The van der Waals surface area contributed by atoms with E-state index in [1.54, 1.807) is 19.2 Å². The van der Waals surface area contributed by atoms with Gasteiger partial charge in [0.2, 0.25) is 0 Å². The number of esters is 1. The highest BCUT2D eigenvalue weighted by atomic mass is 16.5. The molecule has 0 unspecified atom stereocenters. The van der Waals surface area contributed by atoms with Crippen LogP contribution < -0.4 is 15.2 Å². The van der Waals surface area contributed by atoms with Gasteiger partial charge in [-0.3, -0.25) is 14.5 Å². The van der Waals surface area contributed by atoms with Crippen molar-refractivity contribution >= 4 is 11.9 Å². The number of hydrogen-bond donors (Lipinski definition) is 1. The summed E-state index contributed by atoms with van der Waals surface area (Å²) in [6.45, 7) is 10.9. The minimum atomic E-state index is -0.637. The van der Waals surface area contributed by atoms with Crippen molar-refractivity contribution in [3.05, 3.63) is 89.6 Å². The van der Waals surface area contributed by atoms with Crippen LogP contribution in [0.15, 0.2) is 72.8 Å². The summed E-state index contributed by atoms with van der Waals surface area (Å²) in [7, 11) is 1.67. The lowest BCUT2D eigenvalue weighted by Gasteiger charge is -2.25. The lowest BCUT2D eigenvalue weighted by Crippen LogP contribution is -2.27. The average Bonchev–Trinajstić information content (AvgIpc) is 3.36. The zero-order valence-corrected chi connectivity index (χ0v) is 26.5. The first-order valence-electron chi connectivity index (χ1n) is 15.3. The summed E-state index contributed by atoms with van der Waals surface area (Å²) >= 11 is 0. The summed E-state index contributed by atoms with van der Waals surface area (Å²) in [6, 6.07) is 23.7. The van der Waals surface area contributed by atoms with Crippen molar-refractivity contribution in [1.82, 2.24) is 14.5 Å². The maximum absolute atomic E-state index is 12.0. The van der Waals surface area contributed by atoms with Gasteiger partial charge < -0.3 is 19.8 Å². The van der Waals surface area contributed by atoms with Crippen molar-refractivity contribution in [3.63, 3.8) is 0 Å². The summed E-state index contributed by atoms with van der Waals surface area (Å²) in [4.78, 5) is 31.5. The summed E-state index contributed by atoms with van der Waals surface area (Å²) in [5.74, 6) is 1.31. The van der Waals surface area contributed by atoms with Gasteiger partial charge in [-0.1, -0.05) is 63.6 Å². The molecule has 0 aliphatic rings. The molecule has 1 heterocycles. The van der Waals surface area contributed by atoms with Crippen molar-refractivity contribution in [2.45, 2.75) is 66.6 Å². The Hall–Kier alpha value is -4.43. The van der Waals surface area contributed by atoms with Crippen LogP contribution in [0.3, 0.4) is 0 Å². The predicted molar refractivity (Wildman–Crippen MR) is 174 cm³/mol. The fraction of sp³-hybridized carbons (Fsp3) is 0.361. The second-order valence-electron chi connectivity index (χ2n) is 11.5. The van der Waals surface area contributed by atoms with Gasteiger partial charge in [-0.25, -0.2) is 4.98 Å². The molecule has 8 heteroatoms. The lowest BCUT2D eigenvalue weighted by molar-refractivity contribution is -0.131. The van der Waals surface area contributed by atoms with E-state index in [0.717, 1.165) is 72.0 Å². The van der Waals surface area contributed by atoms with Gasteiger partial charge in [0, 0.05) is 37.7 Å². The van der Waals surface area contributed by atoms with Gasteiger partial charge in [-0.2, -0.15) is 0 Å². The van der Waals surface area contributed by atoms with E-state index in [9.17, 15) is 9.59 Å². The first-order chi connectivity index (χ1) is 21.2. The van der Waals surface area contributed by atoms with Crippen molar-refractivity contribution in [2.75, 3.05) is 13.7 Å². The van der Waals surface area contributed by atoms with E-state index in [2.05, 4.69) is 54.5 Å². The van der Waals surface area contributed by atoms with Gasteiger partial charge in [0.1, 0.15) is 17.3 Å². The molecule has 0 fully saturated rings. The lowest BCUT2D eigenvalue weighted by atomic mass is 10.1. The Morgan fingerprint density at radius 2 is 1.70 bits per heavy atom. The van der Waals surface area contributed by atoms with E-state index in [0.29, 0.717) is 19.0 Å². The predicted octanol–water partition coefficient (Wildman–Crippen LogP) is 7.10. The molecule has 0 spiro atoms. The number of nitrogens with zero attached hydrogens (tertiary/aromatic N) is 3. The summed E-state index contributed by atoms with van der Waals surface area (Å²) in [5.41, 5.74) is 10.9. The molecule has 0 bridgehead atoms. The molecule has 1 aromatic heterocycles. The smallest absolute Gasteiger partial charge is 0.308 e. The van der Waals surface area contributed by atoms with Gasteiger partial charge in [0.05, 0.1) is 24.1 Å². The van der Waals surface area contributed by atoms with Crippen LogP contribution in [0.25, 0.3) is 22.6 Å². The van der Waals surface area contributed by atoms with E-state index in [4.69, 9.17) is 20.2 Å². The number of amides is 1. The maximum Gasteiger partial charge on any atom is 0.308 e. The Morgan fingerprint density at radius 3 is 2.32 bits per heavy atom. The molecule has 3 aromatic carbocycles. The highest BCUT2D eigenvalue weighted by Crippen LogP contribution is 2.33. The Balaban J connectivity index is 1.81. The quantitative estimate of drug-likeness (QED) is 0.116. The molecule has 0 aliphatic heterocycles. The summed E-state index contributed by atoms with van der Waals surface area (Å²) < 4.78 is 13.2. The van der Waals surface area contributed by atoms with Crippen LogP contribution in [0, 0.1) is 5.92 Å². The highest BCUT2D eigenvalue weighted by Gasteiger charge is 2.23. The number of imidazole rings is 1. The second-order valence-corrected chi connectivity index (χ2v) is 11.5. The Bertz CT molecular complexity index is 1540. The van der Waals surface area contributed by atoms with Crippen molar-refractivity contribution in [1.29, 1.82) is 0 Å². The average molecular weight is 597 g/mol. The number of unbranched alkanes of at least 4 members (excludes halogenated alkanes) is 1. The number of carbonyl (C=O) groups is 2. The molecular weight excluding hydrogens is 552 g/mol. The first-order valence-corrected chi connectivity index (χ1v) is 15.3. The monoisotopic (exact) mass is 596 g/mol. The first kappa shape index (κ1) is 32.5. The number of rotatable bonds is 15. The number of carbonyl (C=O) groups excluding carboxylic acids is 2. The standard InChI is InChI=1S/C36H44N4O4/c1-6-7-20-40-32(34(28-14-16-30(43-5)17-15-28)38-36(40)29-11-9-8-10-12-29)24-39(21-19-25(2)3)23-27-13-18-31(35(37)42)33(22-27)44-26(4)41/h8-18,22,25H,6-7,19-21,23-24H2,1-5H3,(H2,37,42). The second kappa shape index (κ2) is 15.3. The zero-order chi connectivity index (χ0) is 31.6. The molecule has 4 rings (SSSR count). The van der Waals surface area contributed by atoms with Crippen LogP contribution in [0.4, 0.5) is 0 Å². The number of aromatic nitrogens is 2. The highest BCUT2D eigenvalue weighted by molar-refractivity contribution is 5.96. The molecule has 44 heavy (non-hydrogen) atoms. The van der Waals surface area contributed by atoms with Crippen LogP contribution in [-0.4, -0.2) is 40.0 Å². The van der Waals surface area contributed by atoms with Crippen LogP contribution in [0.5, 0.6) is 11.5 Å². The van der Waals surface area contributed by atoms with Gasteiger partial charge >= 0.3 is 5.97 Å². The molecule has 0 radical (unpaired) electrons. The van der Waals surface area contributed by atoms with E-state index >= 15 is 0 Å². The molecule has 4 aromatic rings. The number of ether oxygens (including phenoxy) is 2. The summed E-state index contributed by atoms with van der Waals surface area (Å²) in [5, 5.41) is 0. The van der Waals surface area contributed by atoms with Gasteiger partial charge in [-0.15, -0.1) is 0 Å². The number of nitrogens with two attached hydrogens (primary N) is 1. The number of benzene rings is 3. The molecule has 8 nitrogen and oxygen atoms in total. The van der Waals surface area contributed by atoms with Gasteiger partial charge in [0.15, 0.2) is 0 Å². The largest absolute Gasteiger partial charge is 0.497 e. The molecule has 1 amide bonds. The fourth-order valence-electron chi connectivity index (χ4n) is 5.22. The zero-order valence-electron chi connectivity index (χ0n) is 26.5. The van der Waals surface area contributed by atoms with Crippen LogP contribution in [0.2, 0.25) is 0 Å². The fourth-order valence-corrected chi connectivity index (χ4v) is 5.22. The Kier molecular flexibility index (Phi) is 11.3. The number of primary amides is 1. The minimum Gasteiger partial charge on any atom is -0.497 e. The molecule has 0 saturated carbocycles. The topological polar surface area (TPSA) is 99.7 Å². The number of methoxy groups -OCH3 is 1. The molecule has 0 atom stereocenters. The SMILES string of the molecule is CCCCn1c(-c2ccccc2)nc(-c2ccc(OC)cc2)c1CN(CCC(C)C)Cc1ccc(C(N)=O)c(OC(C)=O)c1. The van der Waals surface area contributed by atoms with Crippen molar-refractivity contribution < 1.29 is 19.1 Å². The van der Waals surface area contributed by atoms with Crippen LogP contribution in [-0.2, 0) is 24.4 Å². The third-order valence-corrected chi connectivity index (χ3v) is 7.57. The Morgan fingerprint density at radius 1 is 0.977 bits per heavy atom. The van der Waals surface area contributed by atoms with Gasteiger partial charge in [0.25, 0.3) is 5.91 Å². The van der Waals surface area contributed by atoms with E-state index in [-0.39, 0.29) is 11.3 Å². The van der Waals surface area contributed by atoms with Crippen LogP contribution >= 0.6 is 0 Å². The third kappa shape index (κ3) is 8.35. The minimum absolute atomic E-state index is 0.185. The molecule has 2 N–H and O–H groups in total. The maximum atomic E-state index is 12.0. The van der Waals surface area contributed by atoms with E-state index in [1.807, 2.05) is 36.4 Å².